The van der Waals surface area contributed by atoms with E-state index in [9.17, 15) is 14.4 Å². The maximum Gasteiger partial charge on any atom is 0.262 e. The van der Waals surface area contributed by atoms with E-state index in [1.165, 1.54) is 12.7 Å². The third kappa shape index (κ3) is 7.32. The van der Waals surface area contributed by atoms with Crippen molar-refractivity contribution < 1.29 is 23.9 Å². The number of rotatable bonds is 9. The van der Waals surface area contributed by atoms with Crippen molar-refractivity contribution in [3.05, 3.63) is 111 Å². The van der Waals surface area contributed by atoms with Gasteiger partial charge in [0.2, 0.25) is 0 Å². The van der Waals surface area contributed by atoms with Crippen molar-refractivity contribution in [3.8, 4) is 11.5 Å². The van der Waals surface area contributed by atoms with Crippen molar-refractivity contribution in [3.63, 3.8) is 0 Å². The molecule has 1 N–H and O–H groups in total. The second-order valence-corrected chi connectivity index (χ2v) is 15.6. The lowest BCUT2D eigenvalue weighted by atomic mass is 9.63. The van der Waals surface area contributed by atoms with Crippen molar-refractivity contribution in [2.24, 2.45) is 10.8 Å². The SMILES string of the molecule is COc1cc(C2C3=C(CC(C)(C)CC3=O)N(CCc3ccccc3)C3=C2C(=O)CC(C)(C)C3)cc(Cl)c1OCC(=O)Nc1cccc(C)c1. The minimum atomic E-state index is -0.588. The highest BCUT2D eigenvalue weighted by atomic mass is 35.5. The fourth-order valence-electron chi connectivity index (χ4n) is 7.64. The molecule has 7 nitrogen and oxygen atoms in total. The van der Waals surface area contributed by atoms with Crippen LogP contribution in [0, 0.1) is 17.8 Å². The number of anilines is 1. The summed E-state index contributed by atoms with van der Waals surface area (Å²) in [6.45, 7) is 10.9. The molecule has 0 radical (unpaired) electrons. The number of halogens is 1. The first kappa shape index (κ1) is 34.5. The smallest absolute Gasteiger partial charge is 0.262 e. The standard InChI is InChI=1S/C41H45ClN2O5/c1-25-11-10-14-28(17-25)43-35(47)24-49-39-29(42)18-27(19-34(39)48-6)36-37-30(20-40(2,3)22-32(37)45)44(16-15-26-12-8-7-9-13-26)31-21-41(4,5)23-33(46)38(31)36/h7-14,17-19,36H,15-16,20-24H2,1-6H3,(H,43,47). The van der Waals surface area contributed by atoms with Crippen LogP contribution < -0.4 is 14.8 Å². The molecule has 0 atom stereocenters. The summed E-state index contributed by atoms with van der Waals surface area (Å²) in [5.74, 6) is -0.278. The molecule has 256 valence electrons. The lowest BCUT2D eigenvalue weighted by Crippen LogP contribution is -2.45. The molecule has 2 aliphatic carbocycles. The highest BCUT2D eigenvalue weighted by Crippen LogP contribution is 2.55. The molecular formula is C41H45ClN2O5. The number of allylic oxidation sites excluding steroid dienone is 4. The van der Waals surface area contributed by atoms with E-state index in [2.05, 4.69) is 50.0 Å². The van der Waals surface area contributed by atoms with E-state index in [-0.39, 0.29) is 45.7 Å². The number of nitrogens with zero attached hydrogens (tertiary/aromatic N) is 1. The number of Topliss-reactive ketones (excluding diaryl/α,β-unsaturated/α-hetero) is 2. The van der Waals surface area contributed by atoms with E-state index in [0.29, 0.717) is 60.4 Å². The summed E-state index contributed by atoms with van der Waals surface area (Å²) < 4.78 is 11.7. The molecule has 0 unspecified atom stereocenters. The summed E-state index contributed by atoms with van der Waals surface area (Å²) in [4.78, 5) is 43.6. The van der Waals surface area contributed by atoms with Crippen molar-refractivity contribution >= 4 is 34.8 Å². The number of carbonyl (C=O) groups excluding carboxylic acids is 3. The highest BCUT2D eigenvalue weighted by Gasteiger charge is 2.49. The van der Waals surface area contributed by atoms with Crippen LogP contribution >= 0.6 is 11.6 Å². The number of hydrogen-bond donors (Lipinski definition) is 1. The summed E-state index contributed by atoms with van der Waals surface area (Å²) in [5.41, 5.74) is 6.46. The Morgan fingerprint density at radius 2 is 1.51 bits per heavy atom. The Hall–Kier alpha value is -4.36. The molecule has 0 saturated heterocycles. The Labute approximate surface area is 294 Å². The van der Waals surface area contributed by atoms with Crippen molar-refractivity contribution in [1.29, 1.82) is 0 Å². The predicted octanol–water partition coefficient (Wildman–Crippen LogP) is 8.60. The fraction of sp³-hybridized carbons (Fsp3) is 0.390. The number of nitrogens with one attached hydrogen (secondary N) is 1. The highest BCUT2D eigenvalue weighted by molar-refractivity contribution is 6.32. The Morgan fingerprint density at radius 3 is 2.10 bits per heavy atom. The van der Waals surface area contributed by atoms with Gasteiger partial charge >= 0.3 is 0 Å². The van der Waals surface area contributed by atoms with E-state index in [0.717, 1.165) is 23.4 Å². The van der Waals surface area contributed by atoms with E-state index < -0.39 is 5.92 Å². The van der Waals surface area contributed by atoms with Gasteiger partial charge in [0.25, 0.3) is 5.91 Å². The molecule has 3 aromatic rings. The van der Waals surface area contributed by atoms with Gasteiger partial charge in [0, 0.05) is 53.5 Å². The summed E-state index contributed by atoms with van der Waals surface area (Å²) >= 11 is 6.91. The van der Waals surface area contributed by atoms with Crippen LogP contribution in [0.4, 0.5) is 5.69 Å². The van der Waals surface area contributed by atoms with Gasteiger partial charge in [0.1, 0.15) is 0 Å². The number of amides is 1. The lowest BCUT2D eigenvalue weighted by molar-refractivity contribution is -0.120. The molecule has 0 fully saturated rings. The maximum absolute atomic E-state index is 14.3. The van der Waals surface area contributed by atoms with E-state index in [1.807, 2.05) is 49.4 Å². The Bertz CT molecular complexity index is 1820. The Balaban J connectivity index is 1.40. The lowest BCUT2D eigenvalue weighted by Gasteiger charge is -2.49. The van der Waals surface area contributed by atoms with Crippen LogP contribution in [0.15, 0.2) is 89.3 Å². The molecule has 1 heterocycles. The van der Waals surface area contributed by atoms with Crippen LogP contribution in [0.3, 0.4) is 0 Å². The molecule has 0 spiro atoms. The molecule has 3 aromatic carbocycles. The van der Waals surface area contributed by atoms with Gasteiger partial charge in [-0.15, -0.1) is 0 Å². The number of methoxy groups -OCH3 is 1. The third-order valence-electron chi connectivity index (χ3n) is 9.72. The monoisotopic (exact) mass is 680 g/mol. The molecule has 3 aliphatic rings. The average Bonchev–Trinajstić information content (AvgIpc) is 3.02. The Morgan fingerprint density at radius 1 is 0.878 bits per heavy atom. The number of ether oxygens (including phenoxy) is 2. The van der Waals surface area contributed by atoms with Crippen LogP contribution in [0.1, 0.15) is 76.0 Å². The molecule has 0 saturated carbocycles. The predicted molar refractivity (Wildman–Crippen MR) is 193 cm³/mol. The van der Waals surface area contributed by atoms with Crippen molar-refractivity contribution in [2.75, 3.05) is 25.6 Å². The van der Waals surface area contributed by atoms with Gasteiger partial charge in [-0.25, -0.2) is 0 Å². The zero-order valence-electron chi connectivity index (χ0n) is 29.2. The normalized spacial score (nSPS) is 18.6. The van der Waals surface area contributed by atoms with Gasteiger partial charge in [-0.05, 0) is 78.0 Å². The first-order chi connectivity index (χ1) is 23.2. The molecule has 1 aliphatic heterocycles. The second-order valence-electron chi connectivity index (χ2n) is 15.2. The first-order valence-corrected chi connectivity index (χ1v) is 17.3. The van der Waals surface area contributed by atoms with Gasteiger partial charge < -0.3 is 19.7 Å². The van der Waals surface area contributed by atoms with Crippen LogP contribution in [0.5, 0.6) is 11.5 Å². The zero-order chi connectivity index (χ0) is 35.1. The molecule has 8 heteroatoms. The van der Waals surface area contributed by atoms with Crippen molar-refractivity contribution in [2.45, 2.75) is 72.6 Å². The van der Waals surface area contributed by atoms with E-state index in [4.69, 9.17) is 21.1 Å². The molecular weight excluding hydrogens is 636 g/mol. The number of aryl methyl sites for hydroxylation is 1. The Kier molecular flexibility index (Phi) is 9.51. The average molecular weight is 681 g/mol. The van der Waals surface area contributed by atoms with Crippen LogP contribution in [-0.4, -0.2) is 42.6 Å². The number of carbonyl (C=O) groups is 3. The van der Waals surface area contributed by atoms with E-state index in [1.54, 1.807) is 12.1 Å². The summed E-state index contributed by atoms with van der Waals surface area (Å²) in [6, 6.07) is 21.4. The summed E-state index contributed by atoms with van der Waals surface area (Å²) in [7, 11) is 1.51. The third-order valence-corrected chi connectivity index (χ3v) is 10.0. The van der Waals surface area contributed by atoms with Gasteiger partial charge in [-0.1, -0.05) is 81.8 Å². The summed E-state index contributed by atoms with van der Waals surface area (Å²) in [5, 5.41) is 3.08. The topological polar surface area (TPSA) is 84.9 Å². The van der Waals surface area contributed by atoms with Gasteiger partial charge in [-0.2, -0.15) is 0 Å². The maximum atomic E-state index is 14.3. The number of ketones is 2. The minimum absolute atomic E-state index is 0.0494. The van der Waals surface area contributed by atoms with Gasteiger partial charge in [0.05, 0.1) is 12.1 Å². The van der Waals surface area contributed by atoms with E-state index >= 15 is 0 Å². The van der Waals surface area contributed by atoms with Gasteiger partial charge in [0.15, 0.2) is 29.7 Å². The fourth-order valence-corrected chi connectivity index (χ4v) is 7.91. The molecule has 0 bridgehead atoms. The molecule has 1 amide bonds. The van der Waals surface area contributed by atoms with Crippen LogP contribution in [0.25, 0.3) is 0 Å². The van der Waals surface area contributed by atoms with Crippen molar-refractivity contribution in [1.82, 2.24) is 4.90 Å². The van der Waals surface area contributed by atoms with Gasteiger partial charge in [-0.3, -0.25) is 14.4 Å². The quantitative estimate of drug-likeness (QED) is 0.244. The zero-order valence-corrected chi connectivity index (χ0v) is 30.0. The number of hydrogen-bond acceptors (Lipinski definition) is 6. The summed E-state index contributed by atoms with van der Waals surface area (Å²) in [6.07, 6.45) is 2.99. The second kappa shape index (κ2) is 13.5. The molecule has 49 heavy (non-hydrogen) atoms. The van der Waals surface area contributed by atoms with Crippen LogP contribution in [0.2, 0.25) is 5.02 Å². The molecule has 0 aromatic heterocycles. The largest absolute Gasteiger partial charge is 0.493 e. The number of benzene rings is 3. The molecule has 6 rings (SSSR count). The minimum Gasteiger partial charge on any atom is -0.493 e. The first-order valence-electron chi connectivity index (χ1n) is 17.0. The van der Waals surface area contributed by atoms with Crippen LogP contribution in [-0.2, 0) is 20.8 Å².